The molecular weight excluding hydrogens is 304 g/mol. The minimum absolute atomic E-state index is 0.222. The van der Waals surface area contributed by atoms with Gasteiger partial charge in [0.2, 0.25) is 0 Å². The molecule has 7 heteroatoms. The van der Waals surface area contributed by atoms with E-state index in [1.807, 2.05) is 12.1 Å². The molecule has 0 aliphatic heterocycles. The lowest BCUT2D eigenvalue weighted by Gasteiger charge is -2.19. The first kappa shape index (κ1) is 15.8. The summed E-state index contributed by atoms with van der Waals surface area (Å²) in [5, 5.41) is 14.9. The number of para-hydroxylation sites is 1. The molecule has 24 heavy (non-hydrogen) atoms. The van der Waals surface area contributed by atoms with E-state index in [9.17, 15) is 5.11 Å². The molecule has 3 rings (SSSR count). The minimum Gasteiger partial charge on any atom is -0.506 e. The first-order valence-electron chi connectivity index (χ1n) is 7.88. The van der Waals surface area contributed by atoms with Gasteiger partial charge >= 0.3 is 0 Å². The van der Waals surface area contributed by atoms with Gasteiger partial charge in [-0.05, 0) is 19.9 Å². The van der Waals surface area contributed by atoms with E-state index in [1.165, 1.54) is 6.33 Å². The number of anilines is 2. The third-order valence-electron chi connectivity index (χ3n) is 3.85. The summed E-state index contributed by atoms with van der Waals surface area (Å²) in [7, 11) is 0. The molecule has 0 aliphatic rings. The third kappa shape index (κ3) is 3.15. The van der Waals surface area contributed by atoms with Crippen LogP contribution >= 0.6 is 0 Å². The van der Waals surface area contributed by atoms with E-state index in [1.54, 1.807) is 24.5 Å². The highest BCUT2D eigenvalue weighted by molar-refractivity contribution is 6.01. The fourth-order valence-corrected chi connectivity index (χ4v) is 2.56. The standard InChI is InChI=1S/C17H20N6O/c1-3-23(4-2)16-8-15(19-11-20-16)22-21-10-12-9-18-17-13(12)6-5-7-14(17)24/h5-11,18,24H,3-4H2,1-2H3,(H,19,20,22)/b21-10+. The van der Waals surface area contributed by atoms with Crippen molar-refractivity contribution in [2.45, 2.75) is 13.8 Å². The van der Waals surface area contributed by atoms with Gasteiger partial charge in [-0.3, -0.25) is 5.43 Å². The number of nitrogens with one attached hydrogen (secondary N) is 2. The number of hydrogen-bond acceptors (Lipinski definition) is 6. The summed E-state index contributed by atoms with van der Waals surface area (Å²) in [6.45, 7) is 5.94. The second-order valence-corrected chi connectivity index (χ2v) is 5.25. The van der Waals surface area contributed by atoms with Crippen LogP contribution in [0.2, 0.25) is 0 Å². The number of H-pyrrole nitrogens is 1. The molecule has 0 radical (unpaired) electrons. The second-order valence-electron chi connectivity index (χ2n) is 5.25. The lowest BCUT2D eigenvalue weighted by atomic mass is 10.2. The van der Waals surface area contributed by atoms with Crippen molar-refractivity contribution in [3.8, 4) is 5.75 Å². The Morgan fingerprint density at radius 2 is 2.12 bits per heavy atom. The van der Waals surface area contributed by atoms with Crippen LogP contribution < -0.4 is 10.3 Å². The van der Waals surface area contributed by atoms with Crippen molar-refractivity contribution in [3.05, 3.63) is 42.4 Å². The van der Waals surface area contributed by atoms with Crippen LogP contribution in [-0.2, 0) is 0 Å². The second kappa shape index (κ2) is 6.99. The number of hydrogen-bond donors (Lipinski definition) is 3. The lowest BCUT2D eigenvalue weighted by Crippen LogP contribution is -2.23. The Morgan fingerprint density at radius 1 is 1.29 bits per heavy atom. The Balaban J connectivity index is 1.76. The van der Waals surface area contributed by atoms with Crippen molar-refractivity contribution in [2.24, 2.45) is 5.10 Å². The molecule has 0 bridgehead atoms. The number of rotatable bonds is 6. The van der Waals surface area contributed by atoms with E-state index in [0.717, 1.165) is 29.9 Å². The third-order valence-corrected chi connectivity index (χ3v) is 3.85. The van der Waals surface area contributed by atoms with Crippen LogP contribution in [0.3, 0.4) is 0 Å². The molecule has 0 amide bonds. The zero-order valence-electron chi connectivity index (χ0n) is 13.7. The van der Waals surface area contributed by atoms with E-state index in [-0.39, 0.29) is 5.75 Å². The fraction of sp³-hybridized carbons (Fsp3) is 0.235. The van der Waals surface area contributed by atoms with Gasteiger partial charge in [0.25, 0.3) is 0 Å². The van der Waals surface area contributed by atoms with Crippen molar-refractivity contribution in [1.82, 2.24) is 15.0 Å². The first-order chi connectivity index (χ1) is 11.7. The molecule has 0 atom stereocenters. The molecule has 3 N–H and O–H groups in total. The normalized spacial score (nSPS) is 11.2. The summed E-state index contributed by atoms with van der Waals surface area (Å²) < 4.78 is 0. The van der Waals surface area contributed by atoms with E-state index in [0.29, 0.717) is 11.3 Å². The average Bonchev–Trinajstić information content (AvgIpc) is 3.01. The Hall–Kier alpha value is -3.09. The number of hydrazone groups is 1. The van der Waals surface area contributed by atoms with E-state index in [4.69, 9.17) is 0 Å². The zero-order chi connectivity index (χ0) is 16.9. The number of aromatic nitrogens is 3. The van der Waals surface area contributed by atoms with Crippen LogP contribution in [0, 0.1) is 0 Å². The minimum atomic E-state index is 0.222. The highest BCUT2D eigenvalue weighted by Crippen LogP contribution is 2.25. The van der Waals surface area contributed by atoms with E-state index >= 15 is 0 Å². The van der Waals surface area contributed by atoms with Crippen molar-refractivity contribution in [1.29, 1.82) is 0 Å². The predicted octanol–water partition coefficient (Wildman–Crippen LogP) is 2.96. The molecular formula is C17H20N6O. The Kier molecular flexibility index (Phi) is 4.60. The number of phenolic OH excluding ortho intramolecular Hbond substituents is 1. The van der Waals surface area contributed by atoms with Gasteiger partial charge in [0, 0.05) is 36.3 Å². The highest BCUT2D eigenvalue weighted by Gasteiger charge is 2.06. The SMILES string of the molecule is CCN(CC)c1cc(N/N=C/c2c[nH]c3c(O)cccc23)ncn1. The highest BCUT2D eigenvalue weighted by atomic mass is 16.3. The van der Waals surface area contributed by atoms with Crippen LogP contribution in [0.15, 0.2) is 41.9 Å². The summed E-state index contributed by atoms with van der Waals surface area (Å²) in [6.07, 6.45) is 5.02. The quantitative estimate of drug-likeness (QED) is 0.479. The van der Waals surface area contributed by atoms with Gasteiger partial charge in [-0.2, -0.15) is 5.10 Å². The fourth-order valence-electron chi connectivity index (χ4n) is 2.56. The first-order valence-corrected chi connectivity index (χ1v) is 7.88. The monoisotopic (exact) mass is 324 g/mol. The molecule has 3 aromatic rings. The van der Waals surface area contributed by atoms with Crippen molar-refractivity contribution < 1.29 is 5.11 Å². The Bertz CT molecular complexity index is 853. The van der Waals surface area contributed by atoms with Gasteiger partial charge in [-0.1, -0.05) is 12.1 Å². The maximum Gasteiger partial charge on any atom is 0.151 e. The topological polar surface area (TPSA) is 89.4 Å². The number of benzene rings is 1. The van der Waals surface area contributed by atoms with Crippen LogP contribution in [0.25, 0.3) is 10.9 Å². The van der Waals surface area contributed by atoms with E-state index < -0.39 is 0 Å². The van der Waals surface area contributed by atoms with Crippen LogP contribution in [0.1, 0.15) is 19.4 Å². The lowest BCUT2D eigenvalue weighted by molar-refractivity contribution is 0.480. The predicted molar refractivity (Wildman–Crippen MR) is 96.8 cm³/mol. The largest absolute Gasteiger partial charge is 0.506 e. The molecule has 0 saturated carbocycles. The number of fused-ring (bicyclic) bond motifs is 1. The zero-order valence-corrected chi connectivity index (χ0v) is 13.7. The summed E-state index contributed by atoms with van der Waals surface area (Å²) >= 11 is 0. The smallest absolute Gasteiger partial charge is 0.151 e. The molecule has 0 unspecified atom stereocenters. The number of nitrogens with zero attached hydrogens (tertiary/aromatic N) is 4. The van der Waals surface area contributed by atoms with Gasteiger partial charge in [-0.15, -0.1) is 0 Å². The molecule has 0 aliphatic carbocycles. The van der Waals surface area contributed by atoms with Crippen molar-refractivity contribution >= 4 is 28.8 Å². The Morgan fingerprint density at radius 3 is 2.92 bits per heavy atom. The summed E-state index contributed by atoms with van der Waals surface area (Å²) in [6, 6.07) is 7.24. The summed E-state index contributed by atoms with van der Waals surface area (Å²) in [5.41, 5.74) is 4.50. The number of phenols is 1. The van der Waals surface area contributed by atoms with Crippen LogP contribution in [0.4, 0.5) is 11.6 Å². The molecule has 0 fully saturated rings. The maximum absolute atomic E-state index is 9.80. The molecule has 7 nitrogen and oxygen atoms in total. The molecule has 124 valence electrons. The molecule has 0 spiro atoms. The van der Waals surface area contributed by atoms with Gasteiger partial charge in [0.15, 0.2) is 5.82 Å². The average molecular weight is 324 g/mol. The molecule has 0 saturated heterocycles. The number of aromatic hydroxyl groups is 1. The summed E-state index contributed by atoms with van der Waals surface area (Å²) in [5.74, 6) is 1.72. The molecule has 2 heterocycles. The maximum atomic E-state index is 9.80. The molecule has 1 aromatic carbocycles. The van der Waals surface area contributed by atoms with Gasteiger partial charge < -0.3 is 15.0 Å². The number of aromatic amines is 1. The van der Waals surface area contributed by atoms with Crippen LogP contribution in [-0.4, -0.2) is 39.4 Å². The van der Waals surface area contributed by atoms with E-state index in [2.05, 4.69) is 44.2 Å². The molecule has 2 aromatic heterocycles. The van der Waals surface area contributed by atoms with Gasteiger partial charge in [0.05, 0.1) is 11.7 Å². The van der Waals surface area contributed by atoms with Crippen LogP contribution in [0.5, 0.6) is 5.75 Å². The van der Waals surface area contributed by atoms with Crippen molar-refractivity contribution in [2.75, 3.05) is 23.4 Å². The van der Waals surface area contributed by atoms with Gasteiger partial charge in [0.1, 0.15) is 17.9 Å². The van der Waals surface area contributed by atoms with Crippen molar-refractivity contribution in [3.63, 3.8) is 0 Å². The Labute approximate surface area is 140 Å². The summed E-state index contributed by atoms with van der Waals surface area (Å²) in [4.78, 5) is 13.6. The van der Waals surface area contributed by atoms with Gasteiger partial charge in [-0.25, -0.2) is 9.97 Å².